The van der Waals surface area contributed by atoms with Gasteiger partial charge < -0.3 is 15.0 Å². The third-order valence-corrected chi connectivity index (χ3v) is 3.67. The van der Waals surface area contributed by atoms with E-state index in [1.807, 2.05) is 31.2 Å². The van der Waals surface area contributed by atoms with Crippen LogP contribution in [-0.2, 0) is 0 Å². The van der Waals surface area contributed by atoms with Crippen LogP contribution < -0.4 is 10.5 Å². The molecule has 1 aliphatic carbocycles. The van der Waals surface area contributed by atoms with E-state index in [4.69, 9.17) is 15.0 Å². The molecule has 4 nitrogen and oxygen atoms in total. The molecule has 3 rings (SSSR count). The van der Waals surface area contributed by atoms with E-state index in [0.717, 1.165) is 22.6 Å². The minimum Gasteiger partial charge on any atom is -0.494 e. The molecule has 1 fully saturated rings. The Labute approximate surface area is 112 Å². The molecule has 0 aliphatic heterocycles. The Kier molecular flexibility index (Phi) is 3.15. The maximum atomic E-state index is 5.95. The van der Waals surface area contributed by atoms with E-state index >= 15 is 0 Å². The summed E-state index contributed by atoms with van der Waals surface area (Å²) in [4.78, 5) is 0. The van der Waals surface area contributed by atoms with Crippen molar-refractivity contribution in [1.82, 2.24) is 5.16 Å². The standard InChI is InChI=1S/C15H18N2O2/c1-2-18-12-8-6-10(7-9-12)13-14(11-4-3-5-11)19-17-15(13)16/h6-9,11H,2-5H2,1H3,(H2,16,17). The lowest BCUT2D eigenvalue weighted by molar-refractivity contribution is 0.302. The summed E-state index contributed by atoms with van der Waals surface area (Å²) >= 11 is 0. The van der Waals surface area contributed by atoms with Gasteiger partial charge in [-0.25, -0.2) is 0 Å². The van der Waals surface area contributed by atoms with Crippen molar-refractivity contribution >= 4 is 5.82 Å². The number of rotatable bonds is 4. The molecule has 4 heteroatoms. The number of benzene rings is 1. The van der Waals surface area contributed by atoms with Crippen molar-refractivity contribution in [2.24, 2.45) is 0 Å². The minimum absolute atomic E-state index is 0.478. The first-order valence-corrected chi connectivity index (χ1v) is 6.78. The van der Waals surface area contributed by atoms with Crippen molar-refractivity contribution in [3.8, 4) is 16.9 Å². The van der Waals surface area contributed by atoms with E-state index in [9.17, 15) is 0 Å². The first-order chi connectivity index (χ1) is 9.29. The molecule has 19 heavy (non-hydrogen) atoms. The molecule has 1 saturated carbocycles. The van der Waals surface area contributed by atoms with Gasteiger partial charge in [0.1, 0.15) is 11.5 Å². The predicted molar refractivity (Wildman–Crippen MR) is 74.1 cm³/mol. The molecule has 1 aliphatic rings. The largest absolute Gasteiger partial charge is 0.494 e. The van der Waals surface area contributed by atoms with Gasteiger partial charge in [-0.3, -0.25) is 0 Å². The minimum atomic E-state index is 0.478. The topological polar surface area (TPSA) is 61.3 Å². The van der Waals surface area contributed by atoms with Crippen molar-refractivity contribution in [2.75, 3.05) is 12.3 Å². The molecule has 0 spiro atoms. The summed E-state index contributed by atoms with van der Waals surface area (Å²) in [7, 11) is 0. The second-order valence-corrected chi connectivity index (χ2v) is 4.89. The first-order valence-electron chi connectivity index (χ1n) is 6.78. The molecule has 2 aromatic rings. The van der Waals surface area contributed by atoms with Gasteiger partial charge in [-0.15, -0.1) is 0 Å². The van der Waals surface area contributed by atoms with Crippen LogP contribution in [0.3, 0.4) is 0 Å². The molecule has 1 aromatic carbocycles. The SMILES string of the molecule is CCOc1ccc(-c2c(N)noc2C2CCC2)cc1. The second kappa shape index (κ2) is 4.96. The van der Waals surface area contributed by atoms with Gasteiger partial charge in [0.25, 0.3) is 0 Å². The number of nitrogen functional groups attached to an aromatic ring is 1. The van der Waals surface area contributed by atoms with Crippen LogP contribution in [0, 0.1) is 0 Å². The zero-order chi connectivity index (χ0) is 13.2. The van der Waals surface area contributed by atoms with E-state index < -0.39 is 0 Å². The molecule has 0 saturated heterocycles. The van der Waals surface area contributed by atoms with E-state index in [1.165, 1.54) is 19.3 Å². The Hall–Kier alpha value is -1.97. The molecule has 0 atom stereocenters. The Morgan fingerprint density at radius 3 is 2.63 bits per heavy atom. The number of nitrogens with two attached hydrogens (primary N) is 1. The van der Waals surface area contributed by atoms with Gasteiger partial charge in [0, 0.05) is 5.92 Å². The number of anilines is 1. The van der Waals surface area contributed by atoms with Crippen LogP contribution in [0.15, 0.2) is 28.8 Å². The van der Waals surface area contributed by atoms with Gasteiger partial charge in [-0.2, -0.15) is 0 Å². The molecule has 0 bridgehead atoms. The first kappa shape index (κ1) is 12.1. The fourth-order valence-electron chi connectivity index (χ4n) is 2.44. The van der Waals surface area contributed by atoms with E-state index in [2.05, 4.69) is 5.16 Å². The monoisotopic (exact) mass is 258 g/mol. The number of ether oxygens (including phenoxy) is 1. The van der Waals surface area contributed by atoms with Gasteiger partial charge in [0.05, 0.1) is 12.2 Å². The lowest BCUT2D eigenvalue weighted by Crippen LogP contribution is -2.08. The van der Waals surface area contributed by atoms with Crippen molar-refractivity contribution in [1.29, 1.82) is 0 Å². The highest BCUT2D eigenvalue weighted by molar-refractivity contribution is 5.76. The molecule has 0 radical (unpaired) electrons. The van der Waals surface area contributed by atoms with Crippen LogP contribution in [-0.4, -0.2) is 11.8 Å². The summed E-state index contributed by atoms with van der Waals surface area (Å²) in [5.74, 6) is 2.76. The Morgan fingerprint density at radius 2 is 2.05 bits per heavy atom. The van der Waals surface area contributed by atoms with Crippen molar-refractivity contribution in [2.45, 2.75) is 32.1 Å². The lowest BCUT2D eigenvalue weighted by atomic mass is 9.81. The van der Waals surface area contributed by atoms with E-state index in [0.29, 0.717) is 18.3 Å². The smallest absolute Gasteiger partial charge is 0.175 e. The molecule has 2 N–H and O–H groups in total. The van der Waals surface area contributed by atoms with Crippen molar-refractivity contribution in [3.05, 3.63) is 30.0 Å². The van der Waals surface area contributed by atoms with Gasteiger partial charge in [0.15, 0.2) is 5.82 Å². The average molecular weight is 258 g/mol. The van der Waals surface area contributed by atoms with Crippen LogP contribution >= 0.6 is 0 Å². The van der Waals surface area contributed by atoms with Crippen LogP contribution in [0.2, 0.25) is 0 Å². The van der Waals surface area contributed by atoms with Gasteiger partial charge in [-0.05, 0) is 37.5 Å². The highest BCUT2D eigenvalue weighted by Gasteiger charge is 2.28. The van der Waals surface area contributed by atoms with E-state index in [-0.39, 0.29) is 0 Å². The fourth-order valence-corrected chi connectivity index (χ4v) is 2.44. The highest BCUT2D eigenvalue weighted by atomic mass is 16.5. The number of hydrogen-bond donors (Lipinski definition) is 1. The fraction of sp³-hybridized carbons (Fsp3) is 0.400. The predicted octanol–water partition coefficient (Wildman–Crippen LogP) is 3.59. The summed E-state index contributed by atoms with van der Waals surface area (Å²) in [6.07, 6.45) is 3.59. The van der Waals surface area contributed by atoms with Gasteiger partial charge >= 0.3 is 0 Å². The molecule has 0 amide bonds. The molecule has 1 aromatic heterocycles. The Morgan fingerprint density at radius 1 is 1.32 bits per heavy atom. The quantitative estimate of drug-likeness (QED) is 0.910. The van der Waals surface area contributed by atoms with Gasteiger partial charge in [0.2, 0.25) is 0 Å². The average Bonchev–Trinajstić information content (AvgIpc) is 2.71. The molecule has 1 heterocycles. The summed E-state index contributed by atoms with van der Waals surface area (Å²) in [5.41, 5.74) is 7.95. The van der Waals surface area contributed by atoms with Crippen LogP contribution in [0.25, 0.3) is 11.1 Å². The molecule has 100 valence electrons. The van der Waals surface area contributed by atoms with Crippen molar-refractivity contribution < 1.29 is 9.26 Å². The number of aromatic nitrogens is 1. The van der Waals surface area contributed by atoms with Gasteiger partial charge in [-0.1, -0.05) is 23.7 Å². The third-order valence-electron chi connectivity index (χ3n) is 3.67. The van der Waals surface area contributed by atoms with Crippen molar-refractivity contribution in [3.63, 3.8) is 0 Å². The lowest BCUT2D eigenvalue weighted by Gasteiger charge is -2.23. The summed E-state index contributed by atoms with van der Waals surface area (Å²) < 4.78 is 10.9. The normalized spacial score (nSPS) is 15.2. The molecular weight excluding hydrogens is 240 g/mol. The summed E-state index contributed by atoms with van der Waals surface area (Å²) in [6.45, 7) is 2.64. The number of hydrogen-bond acceptors (Lipinski definition) is 4. The van der Waals surface area contributed by atoms with Crippen LogP contribution in [0.5, 0.6) is 5.75 Å². The maximum Gasteiger partial charge on any atom is 0.175 e. The third kappa shape index (κ3) is 2.18. The van der Waals surface area contributed by atoms with E-state index in [1.54, 1.807) is 0 Å². The number of nitrogens with zero attached hydrogens (tertiary/aromatic N) is 1. The molecular formula is C15H18N2O2. The summed E-state index contributed by atoms with van der Waals surface area (Å²) in [5, 5.41) is 3.93. The van der Waals surface area contributed by atoms with Crippen LogP contribution in [0.4, 0.5) is 5.82 Å². The zero-order valence-corrected chi connectivity index (χ0v) is 11.1. The van der Waals surface area contributed by atoms with Crippen LogP contribution in [0.1, 0.15) is 37.9 Å². The second-order valence-electron chi connectivity index (χ2n) is 4.89. The molecule has 0 unspecified atom stereocenters. The Balaban J connectivity index is 1.94. The Bertz CT molecular complexity index is 556. The maximum absolute atomic E-state index is 5.95. The zero-order valence-electron chi connectivity index (χ0n) is 11.1. The highest BCUT2D eigenvalue weighted by Crippen LogP contribution is 2.43. The summed E-state index contributed by atoms with van der Waals surface area (Å²) in [6, 6.07) is 7.93.